The van der Waals surface area contributed by atoms with Gasteiger partial charge in [-0.25, -0.2) is 4.98 Å². The predicted molar refractivity (Wildman–Crippen MR) is 171 cm³/mol. The number of thioether (sulfide) groups is 1. The average molecular weight is 598 g/mol. The molecule has 8 nitrogen and oxygen atoms in total. The van der Waals surface area contributed by atoms with E-state index >= 15 is 0 Å². The van der Waals surface area contributed by atoms with Crippen LogP contribution < -0.4 is 16.0 Å². The van der Waals surface area contributed by atoms with Gasteiger partial charge in [-0.3, -0.25) is 14.9 Å². The highest BCUT2D eigenvalue weighted by atomic mass is 32.2. The molecule has 5 aromatic rings. The molecule has 1 aromatic heterocycles. The Balaban J connectivity index is 1.31. The van der Waals surface area contributed by atoms with E-state index in [9.17, 15) is 14.9 Å². The van der Waals surface area contributed by atoms with Crippen molar-refractivity contribution in [1.29, 1.82) is 0 Å². The van der Waals surface area contributed by atoms with Gasteiger partial charge in [0.25, 0.3) is 5.69 Å². The summed E-state index contributed by atoms with van der Waals surface area (Å²) in [7, 11) is 0. The van der Waals surface area contributed by atoms with Gasteiger partial charge in [-0.1, -0.05) is 66.7 Å². The largest absolute Gasteiger partial charge is 0.332 e. The molecule has 0 aliphatic rings. The Hall–Kier alpha value is -4.58. The zero-order valence-electron chi connectivity index (χ0n) is 21.4. The molecule has 5 rings (SSSR count). The number of aromatic nitrogens is 1. The molecule has 0 aliphatic heterocycles. The first kappa shape index (κ1) is 28.0. The van der Waals surface area contributed by atoms with Crippen molar-refractivity contribution in [2.24, 2.45) is 0 Å². The molecule has 41 heavy (non-hydrogen) atoms. The topological polar surface area (TPSA) is 109 Å². The number of nitrogens with one attached hydrogen (secondary N) is 3. The number of nitro benzene ring substituents is 1. The van der Waals surface area contributed by atoms with Gasteiger partial charge in [-0.05, 0) is 48.1 Å². The molecule has 1 unspecified atom stereocenters. The van der Waals surface area contributed by atoms with Crippen LogP contribution in [0, 0.1) is 10.1 Å². The minimum absolute atomic E-state index is 0.0186. The number of non-ortho nitro benzene ring substituents is 1. The first-order valence-corrected chi connectivity index (χ1v) is 14.6. The average Bonchev–Trinajstić information content (AvgIpc) is 3.45. The van der Waals surface area contributed by atoms with Crippen LogP contribution in [-0.4, -0.2) is 20.9 Å². The molecule has 0 saturated carbocycles. The van der Waals surface area contributed by atoms with E-state index in [0.29, 0.717) is 21.5 Å². The summed E-state index contributed by atoms with van der Waals surface area (Å²) in [5.41, 5.74) is 3.65. The molecule has 3 N–H and O–H groups in total. The number of hydrogen-bond acceptors (Lipinski definition) is 7. The first-order chi connectivity index (χ1) is 19.9. The van der Waals surface area contributed by atoms with Crippen molar-refractivity contribution < 1.29 is 9.72 Å². The lowest BCUT2D eigenvalue weighted by atomic mass is 10.1. The Labute approximate surface area is 250 Å². The van der Waals surface area contributed by atoms with Crippen LogP contribution in [0.1, 0.15) is 10.8 Å². The third-order valence-electron chi connectivity index (χ3n) is 5.81. The maximum atomic E-state index is 13.6. The van der Waals surface area contributed by atoms with Crippen LogP contribution in [0.25, 0.3) is 11.3 Å². The fourth-order valence-electron chi connectivity index (χ4n) is 3.91. The van der Waals surface area contributed by atoms with Crippen LogP contribution in [0.2, 0.25) is 0 Å². The second kappa shape index (κ2) is 13.2. The van der Waals surface area contributed by atoms with Gasteiger partial charge in [0.1, 0.15) is 5.25 Å². The Morgan fingerprint density at radius 1 is 0.854 bits per heavy atom. The molecule has 11 heteroatoms. The molecule has 4 aromatic carbocycles. The molecule has 1 heterocycles. The highest BCUT2D eigenvalue weighted by Crippen LogP contribution is 2.38. The van der Waals surface area contributed by atoms with E-state index in [1.165, 1.54) is 35.2 Å². The molecule has 0 fully saturated rings. The number of nitro groups is 1. The van der Waals surface area contributed by atoms with Crippen molar-refractivity contribution in [3.05, 3.63) is 130 Å². The number of thiocarbonyl (C=S) groups is 1. The lowest BCUT2D eigenvalue weighted by molar-refractivity contribution is -0.384. The van der Waals surface area contributed by atoms with Crippen LogP contribution in [0.4, 0.5) is 22.2 Å². The highest BCUT2D eigenvalue weighted by molar-refractivity contribution is 8.00. The zero-order valence-corrected chi connectivity index (χ0v) is 23.8. The van der Waals surface area contributed by atoms with Gasteiger partial charge in [0.05, 0.1) is 10.6 Å². The zero-order chi connectivity index (χ0) is 28.6. The number of nitrogens with zero attached hydrogens (tertiary/aromatic N) is 2. The highest BCUT2D eigenvalue weighted by Gasteiger charge is 2.23. The second-order valence-electron chi connectivity index (χ2n) is 8.72. The molecule has 0 bridgehead atoms. The quantitative estimate of drug-likeness (QED) is 0.0679. The minimum Gasteiger partial charge on any atom is -0.332 e. The van der Waals surface area contributed by atoms with E-state index in [1.54, 1.807) is 17.5 Å². The van der Waals surface area contributed by atoms with Gasteiger partial charge in [0, 0.05) is 39.3 Å². The maximum Gasteiger partial charge on any atom is 0.270 e. The Morgan fingerprint density at radius 3 is 2.29 bits per heavy atom. The van der Waals surface area contributed by atoms with Gasteiger partial charge >= 0.3 is 0 Å². The van der Waals surface area contributed by atoms with E-state index in [1.807, 2.05) is 84.9 Å². The molecule has 0 saturated heterocycles. The van der Waals surface area contributed by atoms with Gasteiger partial charge in [-0.2, -0.15) is 0 Å². The van der Waals surface area contributed by atoms with E-state index in [2.05, 4.69) is 20.9 Å². The number of hydrogen-bond donors (Lipinski definition) is 3. The van der Waals surface area contributed by atoms with E-state index < -0.39 is 10.2 Å². The van der Waals surface area contributed by atoms with Crippen molar-refractivity contribution in [2.45, 2.75) is 10.1 Å². The summed E-state index contributed by atoms with van der Waals surface area (Å²) in [6.07, 6.45) is 0. The summed E-state index contributed by atoms with van der Waals surface area (Å²) in [6.45, 7) is 0. The minimum atomic E-state index is -0.564. The Morgan fingerprint density at radius 2 is 1.54 bits per heavy atom. The van der Waals surface area contributed by atoms with Crippen molar-refractivity contribution in [2.75, 3.05) is 16.0 Å². The number of anilines is 3. The molecular weight excluding hydrogens is 575 g/mol. The summed E-state index contributed by atoms with van der Waals surface area (Å²) in [5, 5.41) is 22.5. The molecule has 0 spiro atoms. The van der Waals surface area contributed by atoms with Gasteiger partial charge in [-0.15, -0.1) is 23.1 Å². The van der Waals surface area contributed by atoms with Gasteiger partial charge in [0.15, 0.2) is 10.2 Å². The fourth-order valence-corrected chi connectivity index (χ4v) is 5.95. The lowest BCUT2D eigenvalue weighted by Crippen LogP contribution is -2.19. The van der Waals surface area contributed by atoms with Crippen molar-refractivity contribution in [3.8, 4) is 11.3 Å². The number of amides is 1. The van der Waals surface area contributed by atoms with Gasteiger partial charge < -0.3 is 16.0 Å². The predicted octanol–water partition coefficient (Wildman–Crippen LogP) is 8.00. The second-order valence-corrected chi connectivity index (χ2v) is 11.2. The molecule has 1 atom stereocenters. The molecule has 0 radical (unpaired) electrons. The number of carbonyl (C=O) groups excluding carboxylic acids is 1. The maximum absolute atomic E-state index is 13.6. The summed E-state index contributed by atoms with van der Waals surface area (Å²) in [5.74, 6) is -0.235. The lowest BCUT2D eigenvalue weighted by Gasteiger charge is -2.17. The van der Waals surface area contributed by atoms with Crippen molar-refractivity contribution in [1.82, 2.24) is 4.98 Å². The van der Waals surface area contributed by atoms with Crippen LogP contribution in [0.3, 0.4) is 0 Å². The van der Waals surface area contributed by atoms with Crippen molar-refractivity contribution in [3.63, 3.8) is 0 Å². The fraction of sp³-hybridized carbons (Fsp3) is 0.0333. The molecule has 0 aliphatic carbocycles. The SMILES string of the molecule is O=C(Nc1nc(-c2cccc([N+](=O)[O-])c2)cs1)C(Sc1cccc(NC(=S)Nc2ccccc2)c1)c1ccccc1. The van der Waals surface area contributed by atoms with Crippen molar-refractivity contribution >= 4 is 68.5 Å². The van der Waals surface area contributed by atoms with E-state index in [-0.39, 0.29) is 11.6 Å². The van der Waals surface area contributed by atoms with Gasteiger partial charge in [0.2, 0.25) is 5.91 Å². The molecule has 204 valence electrons. The number of benzene rings is 4. The van der Waals surface area contributed by atoms with E-state index in [4.69, 9.17) is 12.2 Å². The van der Waals surface area contributed by atoms with Crippen LogP contribution in [0.15, 0.2) is 119 Å². The monoisotopic (exact) mass is 597 g/mol. The number of thiazole rings is 1. The smallest absolute Gasteiger partial charge is 0.270 e. The summed E-state index contributed by atoms with van der Waals surface area (Å²) in [4.78, 5) is 29.7. The third-order valence-corrected chi connectivity index (χ3v) is 8.01. The standard InChI is InChI=1S/C30H23N5O3S3/c36-28(34-30-33-26(19-40-30)21-11-7-15-24(17-21)35(37)38)27(20-9-3-1-4-10-20)41-25-16-8-14-23(18-25)32-29(39)31-22-12-5-2-6-13-22/h1-19,27H,(H2,31,32,39)(H,33,34,36). The number of rotatable bonds is 9. The molecular formula is C30H23N5O3S3. The van der Waals surface area contributed by atoms with Crippen LogP contribution in [0.5, 0.6) is 0 Å². The van der Waals surface area contributed by atoms with E-state index in [0.717, 1.165) is 21.8 Å². The number of para-hydroxylation sites is 1. The third kappa shape index (κ3) is 7.54. The first-order valence-electron chi connectivity index (χ1n) is 12.4. The summed E-state index contributed by atoms with van der Waals surface area (Å²) in [6, 6.07) is 33.1. The number of carbonyl (C=O) groups is 1. The van der Waals surface area contributed by atoms with Crippen LogP contribution >= 0.6 is 35.3 Å². The molecule has 1 amide bonds. The summed E-state index contributed by atoms with van der Waals surface area (Å²) >= 11 is 8.14. The van der Waals surface area contributed by atoms with Crippen LogP contribution in [-0.2, 0) is 4.79 Å². The Bertz CT molecular complexity index is 1680. The normalized spacial score (nSPS) is 11.3. The Kier molecular flexibility index (Phi) is 8.99. The summed E-state index contributed by atoms with van der Waals surface area (Å²) < 4.78 is 0.